The van der Waals surface area contributed by atoms with Gasteiger partial charge in [-0.05, 0) is 91.7 Å². The fraction of sp³-hybridized carbons (Fsp3) is 0.263. The van der Waals surface area contributed by atoms with E-state index in [1.54, 1.807) is 23.5 Å². The second-order valence-electron chi connectivity index (χ2n) is 12.4. The monoisotopic (exact) mass is 626 g/mol. The average Bonchev–Trinajstić information content (AvgIpc) is 3.89. The number of amides is 1. The van der Waals surface area contributed by atoms with Crippen LogP contribution in [0.3, 0.4) is 0 Å². The van der Waals surface area contributed by atoms with Gasteiger partial charge in [-0.25, -0.2) is 14.8 Å². The molecule has 0 radical (unpaired) electrons. The number of nitrogens with zero attached hydrogens (tertiary/aromatic N) is 4. The number of thiophene rings is 1. The third kappa shape index (κ3) is 5.16. The van der Waals surface area contributed by atoms with Crippen molar-refractivity contribution in [3.63, 3.8) is 0 Å². The van der Waals surface area contributed by atoms with Crippen molar-refractivity contribution >= 4 is 45.1 Å². The van der Waals surface area contributed by atoms with E-state index in [9.17, 15) is 14.7 Å². The third-order valence-electron chi connectivity index (χ3n) is 9.55. The van der Waals surface area contributed by atoms with Crippen LogP contribution in [0.4, 0.5) is 0 Å². The van der Waals surface area contributed by atoms with Gasteiger partial charge >= 0.3 is 5.97 Å². The van der Waals surface area contributed by atoms with E-state index in [0.29, 0.717) is 17.1 Å². The Kier molecular flexibility index (Phi) is 7.37. The lowest BCUT2D eigenvalue weighted by molar-refractivity contribution is 0.0696. The van der Waals surface area contributed by atoms with E-state index in [4.69, 9.17) is 9.97 Å². The van der Waals surface area contributed by atoms with Crippen LogP contribution in [0.2, 0.25) is 0 Å². The van der Waals surface area contributed by atoms with E-state index < -0.39 is 5.97 Å². The number of fused-ring (bicyclic) bond motifs is 2. The molecule has 1 aliphatic carbocycles. The molecule has 230 valence electrons. The molecule has 0 bridgehead atoms. The molecule has 46 heavy (non-hydrogen) atoms. The normalized spacial score (nSPS) is 15.6. The topological polar surface area (TPSA) is 88.3 Å². The quantitative estimate of drug-likeness (QED) is 0.199. The molecule has 2 aliphatic rings. The maximum Gasteiger partial charge on any atom is 0.335 e. The number of rotatable bonds is 6. The highest BCUT2D eigenvalue weighted by atomic mass is 32.1. The Labute approximate surface area is 271 Å². The molecule has 4 heterocycles. The zero-order valence-corrected chi connectivity index (χ0v) is 26.3. The molecule has 3 aromatic carbocycles. The van der Waals surface area contributed by atoms with Crippen LogP contribution in [0.15, 0.2) is 84.2 Å². The van der Waals surface area contributed by atoms with Gasteiger partial charge in [-0.3, -0.25) is 4.79 Å². The summed E-state index contributed by atoms with van der Waals surface area (Å²) in [5, 5.41) is 12.7. The number of likely N-dealkylation sites (tertiary alicyclic amines) is 1. The smallest absolute Gasteiger partial charge is 0.335 e. The van der Waals surface area contributed by atoms with Gasteiger partial charge in [0.25, 0.3) is 5.91 Å². The van der Waals surface area contributed by atoms with Crippen LogP contribution < -0.4 is 0 Å². The molecular weight excluding hydrogens is 593 g/mol. The second kappa shape index (κ2) is 11.8. The summed E-state index contributed by atoms with van der Waals surface area (Å²) in [6.45, 7) is 1.62. The summed E-state index contributed by atoms with van der Waals surface area (Å²) >= 11 is 1.68. The van der Waals surface area contributed by atoms with Crippen molar-refractivity contribution < 1.29 is 14.7 Å². The lowest BCUT2D eigenvalue weighted by Crippen LogP contribution is -2.27. The van der Waals surface area contributed by atoms with Crippen LogP contribution in [-0.4, -0.2) is 49.5 Å². The van der Waals surface area contributed by atoms with E-state index in [1.807, 2.05) is 41.3 Å². The average molecular weight is 627 g/mol. The highest BCUT2D eigenvalue weighted by Crippen LogP contribution is 2.39. The van der Waals surface area contributed by atoms with Gasteiger partial charge in [0, 0.05) is 51.6 Å². The SMILES string of the molecule is O=C(O)c1ccc2c(c1)nc(-c1ccc3nc(-c4cc(C(=O)N5CCCC5)ccc4-c4cccs4)ccc3c1)n2C1CCCCC1. The summed E-state index contributed by atoms with van der Waals surface area (Å²) in [5.74, 6) is -0.00167. The maximum atomic E-state index is 13.3. The van der Waals surface area contributed by atoms with E-state index >= 15 is 0 Å². The fourth-order valence-electron chi connectivity index (χ4n) is 7.20. The number of hydrogen-bond acceptors (Lipinski definition) is 5. The van der Waals surface area contributed by atoms with Gasteiger partial charge in [0.2, 0.25) is 0 Å². The number of carbonyl (C=O) groups is 2. The fourth-order valence-corrected chi connectivity index (χ4v) is 7.96. The standard InChI is InChI=1S/C38H34N4O3S/c43-37(41-18-4-5-19-41)26-10-14-29(35-9-6-20-46-35)30(22-26)32-16-11-24-21-25(12-15-31(24)39-32)36-40-33-23-27(38(44)45)13-17-34(33)42(36)28-7-2-1-3-8-28/h6,9-17,20-23,28H,1-5,7-8,18-19H2,(H,44,45). The number of carboxylic acid groups (broad SMARTS) is 1. The zero-order chi connectivity index (χ0) is 31.2. The second-order valence-corrected chi connectivity index (χ2v) is 13.4. The van der Waals surface area contributed by atoms with Crippen LogP contribution in [0.25, 0.3) is 55.0 Å². The summed E-state index contributed by atoms with van der Waals surface area (Å²) < 4.78 is 2.33. The number of imidazole rings is 1. The van der Waals surface area contributed by atoms with E-state index in [2.05, 4.69) is 40.3 Å². The Morgan fingerprint density at radius 3 is 2.37 bits per heavy atom. The van der Waals surface area contributed by atoms with E-state index in [-0.39, 0.29) is 11.5 Å². The van der Waals surface area contributed by atoms with Crippen molar-refractivity contribution in [3.8, 4) is 33.1 Å². The first kappa shape index (κ1) is 28.6. The third-order valence-corrected chi connectivity index (χ3v) is 10.4. The summed E-state index contributed by atoms with van der Waals surface area (Å²) in [4.78, 5) is 38.3. The van der Waals surface area contributed by atoms with Gasteiger partial charge in [0.1, 0.15) is 5.82 Å². The van der Waals surface area contributed by atoms with Crippen molar-refractivity contribution in [3.05, 3.63) is 95.4 Å². The van der Waals surface area contributed by atoms with Crippen LogP contribution in [0.1, 0.15) is 71.7 Å². The number of hydrogen-bond donors (Lipinski definition) is 1. The van der Waals surface area contributed by atoms with Crippen molar-refractivity contribution in [1.82, 2.24) is 19.4 Å². The molecule has 0 unspecified atom stereocenters. The number of aromatic carboxylic acids is 1. The van der Waals surface area contributed by atoms with Gasteiger partial charge < -0.3 is 14.6 Å². The van der Waals surface area contributed by atoms with Crippen molar-refractivity contribution in [2.45, 2.75) is 51.0 Å². The summed E-state index contributed by atoms with van der Waals surface area (Å²) in [6.07, 6.45) is 7.89. The molecule has 1 N–H and O–H groups in total. The molecule has 6 aromatic rings. The number of benzene rings is 3. The van der Waals surface area contributed by atoms with Gasteiger partial charge in [-0.2, -0.15) is 0 Å². The Bertz CT molecular complexity index is 2100. The molecule has 0 atom stereocenters. The molecule has 1 aliphatic heterocycles. The minimum Gasteiger partial charge on any atom is -0.478 e. The Morgan fingerprint density at radius 1 is 0.761 bits per heavy atom. The molecule has 7 nitrogen and oxygen atoms in total. The van der Waals surface area contributed by atoms with E-state index in [0.717, 1.165) is 88.3 Å². The minimum absolute atomic E-state index is 0.0817. The maximum absolute atomic E-state index is 13.3. The molecule has 3 aromatic heterocycles. The highest BCUT2D eigenvalue weighted by Gasteiger charge is 2.24. The molecule has 2 fully saturated rings. The summed E-state index contributed by atoms with van der Waals surface area (Å²) in [5.41, 5.74) is 7.32. The lowest BCUT2D eigenvalue weighted by Gasteiger charge is -2.25. The van der Waals surface area contributed by atoms with E-state index in [1.165, 1.54) is 19.3 Å². The Morgan fingerprint density at radius 2 is 1.59 bits per heavy atom. The Hall–Kier alpha value is -4.82. The minimum atomic E-state index is -0.948. The van der Waals surface area contributed by atoms with Gasteiger partial charge in [0.05, 0.1) is 27.8 Å². The number of pyridine rings is 1. The lowest BCUT2D eigenvalue weighted by atomic mass is 9.94. The molecule has 0 spiro atoms. The number of carboxylic acids is 1. The molecular formula is C38H34N4O3S. The van der Waals surface area contributed by atoms with Crippen LogP contribution in [0.5, 0.6) is 0 Å². The predicted molar refractivity (Wildman–Crippen MR) is 183 cm³/mol. The highest BCUT2D eigenvalue weighted by molar-refractivity contribution is 7.13. The van der Waals surface area contributed by atoms with Gasteiger partial charge in [-0.1, -0.05) is 37.5 Å². The molecule has 8 heteroatoms. The first-order chi connectivity index (χ1) is 22.5. The Balaban J connectivity index is 1.21. The van der Waals surface area contributed by atoms with Crippen LogP contribution in [0, 0.1) is 0 Å². The van der Waals surface area contributed by atoms with Gasteiger partial charge in [0.15, 0.2) is 0 Å². The van der Waals surface area contributed by atoms with Crippen molar-refractivity contribution in [2.75, 3.05) is 13.1 Å². The number of carbonyl (C=O) groups excluding carboxylic acids is 1. The first-order valence-corrected chi connectivity index (χ1v) is 17.1. The first-order valence-electron chi connectivity index (χ1n) is 16.2. The van der Waals surface area contributed by atoms with Crippen molar-refractivity contribution in [2.24, 2.45) is 0 Å². The summed E-state index contributed by atoms with van der Waals surface area (Å²) in [7, 11) is 0. The summed E-state index contributed by atoms with van der Waals surface area (Å²) in [6, 6.07) is 26.2. The predicted octanol–water partition coefficient (Wildman–Crippen LogP) is 9.09. The van der Waals surface area contributed by atoms with Crippen LogP contribution in [-0.2, 0) is 0 Å². The molecule has 8 rings (SSSR count). The largest absolute Gasteiger partial charge is 0.478 e. The molecule has 1 amide bonds. The van der Waals surface area contributed by atoms with Gasteiger partial charge in [-0.15, -0.1) is 11.3 Å². The number of aromatic nitrogens is 3. The molecule has 1 saturated heterocycles. The molecule has 1 saturated carbocycles. The zero-order valence-electron chi connectivity index (χ0n) is 25.5. The van der Waals surface area contributed by atoms with Crippen molar-refractivity contribution in [1.29, 1.82) is 0 Å². The van der Waals surface area contributed by atoms with Crippen LogP contribution >= 0.6 is 11.3 Å².